The van der Waals surface area contributed by atoms with Gasteiger partial charge in [0, 0.05) is 19.7 Å². The van der Waals surface area contributed by atoms with Gasteiger partial charge in [-0.15, -0.1) is 0 Å². The lowest BCUT2D eigenvalue weighted by Gasteiger charge is -2.18. The van der Waals surface area contributed by atoms with Crippen molar-refractivity contribution in [1.29, 1.82) is 0 Å². The normalized spacial score (nSPS) is 15.6. The lowest BCUT2D eigenvalue weighted by molar-refractivity contribution is -0.130. The highest BCUT2D eigenvalue weighted by Crippen LogP contribution is 1.96. The first-order valence-electron chi connectivity index (χ1n) is 6.27. The summed E-state index contributed by atoms with van der Waals surface area (Å²) in [6.45, 7) is 5.83. The number of nitrogens with two attached hydrogens (primary N) is 1. The smallest absolute Gasteiger partial charge is 0.242 e. The minimum Gasteiger partial charge on any atom is -0.380 e. The zero-order chi connectivity index (χ0) is 14.1. The maximum Gasteiger partial charge on any atom is 0.242 e. The van der Waals surface area contributed by atoms with Crippen molar-refractivity contribution in [1.82, 2.24) is 10.6 Å². The van der Waals surface area contributed by atoms with Gasteiger partial charge in [0.05, 0.1) is 12.5 Å². The summed E-state index contributed by atoms with van der Waals surface area (Å²) in [5.41, 5.74) is 5.42. The largest absolute Gasteiger partial charge is 0.380 e. The van der Waals surface area contributed by atoms with E-state index < -0.39 is 6.04 Å². The van der Waals surface area contributed by atoms with Crippen molar-refractivity contribution in [2.75, 3.05) is 13.7 Å². The van der Waals surface area contributed by atoms with Crippen molar-refractivity contribution in [3.63, 3.8) is 0 Å². The maximum absolute atomic E-state index is 11.7. The SMILES string of the molecule is CCC(C)NC(=O)C(C)NC(=O)CC(CN)OC. The summed E-state index contributed by atoms with van der Waals surface area (Å²) >= 11 is 0. The Bertz CT molecular complexity index is 267. The number of amides is 2. The van der Waals surface area contributed by atoms with Crippen LogP contribution in [0.15, 0.2) is 0 Å². The molecule has 0 bridgehead atoms. The van der Waals surface area contributed by atoms with Crippen LogP contribution in [-0.4, -0.2) is 43.7 Å². The van der Waals surface area contributed by atoms with Gasteiger partial charge in [-0.05, 0) is 20.3 Å². The van der Waals surface area contributed by atoms with Crippen LogP contribution in [0.2, 0.25) is 0 Å². The van der Waals surface area contributed by atoms with Crippen LogP contribution in [0.4, 0.5) is 0 Å². The summed E-state index contributed by atoms with van der Waals surface area (Å²) in [6, 6.07) is -0.450. The second-order valence-corrected chi connectivity index (χ2v) is 4.40. The quantitative estimate of drug-likeness (QED) is 0.561. The van der Waals surface area contributed by atoms with Crippen molar-refractivity contribution in [3.8, 4) is 0 Å². The Hall–Kier alpha value is -1.14. The molecule has 6 heteroatoms. The monoisotopic (exact) mass is 259 g/mol. The minimum atomic E-state index is -0.554. The van der Waals surface area contributed by atoms with Crippen LogP contribution < -0.4 is 16.4 Å². The molecule has 0 heterocycles. The van der Waals surface area contributed by atoms with Crippen LogP contribution in [0.5, 0.6) is 0 Å². The fourth-order valence-corrected chi connectivity index (χ4v) is 1.31. The van der Waals surface area contributed by atoms with E-state index in [2.05, 4.69) is 10.6 Å². The van der Waals surface area contributed by atoms with Gasteiger partial charge in [-0.1, -0.05) is 6.92 Å². The van der Waals surface area contributed by atoms with Gasteiger partial charge in [0.1, 0.15) is 6.04 Å². The number of methoxy groups -OCH3 is 1. The highest BCUT2D eigenvalue weighted by molar-refractivity contribution is 5.87. The third-order valence-electron chi connectivity index (χ3n) is 2.78. The minimum absolute atomic E-state index is 0.104. The average Bonchev–Trinajstić information content (AvgIpc) is 2.35. The fraction of sp³-hybridized carbons (Fsp3) is 0.833. The molecule has 106 valence electrons. The number of rotatable bonds is 8. The maximum atomic E-state index is 11.7. The first-order chi connectivity index (χ1) is 8.44. The zero-order valence-electron chi connectivity index (χ0n) is 11.7. The van der Waals surface area contributed by atoms with Gasteiger partial charge in [0.15, 0.2) is 0 Å². The van der Waals surface area contributed by atoms with Crippen LogP contribution >= 0.6 is 0 Å². The lowest BCUT2D eigenvalue weighted by Crippen LogP contribution is -2.48. The first-order valence-corrected chi connectivity index (χ1v) is 6.27. The fourth-order valence-electron chi connectivity index (χ4n) is 1.31. The van der Waals surface area contributed by atoms with E-state index >= 15 is 0 Å². The second-order valence-electron chi connectivity index (χ2n) is 4.40. The van der Waals surface area contributed by atoms with Crippen molar-refractivity contribution in [3.05, 3.63) is 0 Å². The second kappa shape index (κ2) is 8.88. The molecule has 0 fully saturated rings. The van der Waals surface area contributed by atoms with Gasteiger partial charge in [-0.25, -0.2) is 0 Å². The van der Waals surface area contributed by atoms with Gasteiger partial charge in [-0.2, -0.15) is 0 Å². The van der Waals surface area contributed by atoms with Gasteiger partial charge in [-0.3, -0.25) is 9.59 Å². The van der Waals surface area contributed by atoms with Gasteiger partial charge >= 0.3 is 0 Å². The first kappa shape index (κ1) is 16.9. The van der Waals surface area contributed by atoms with Crippen molar-refractivity contribution in [2.45, 2.75) is 51.8 Å². The number of ether oxygens (including phenoxy) is 1. The summed E-state index contributed by atoms with van der Waals surface area (Å²) < 4.78 is 5.01. The Balaban J connectivity index is 4.10. The van der Waals surface area contributed by atoms with Crippen LogP contribution in [0.3, 0.4) is 0 Å². The molecule has 0 aliphatic heterocycles. The molecule has 6 nitrogen and oxygen atoms in total. The van der Waals surface area contributed by atoms with Crippen LogP contribution in [0.1, 0.15) is 33.6 Å². The van der Waals surface area contributed by atoms with E-state index in [4.69, 9.17) is 10.5 Å². The predicted octanol–water partition coefficient (Wildman–Crippen LogP) is -0.230. The average molecular weight is 259 g/mol. The lowest BCUT2D eigenvalue weighted by atomic mass is 10.2. The van der Waals surface area contributed by atoms with E-state index in [1.165, 1.54) is 7.11 Å². The molecule has 0 spiro atoms. The number of carbonyl (C=O) groups excluding carboxylic acids is 2. The summed E-state index contributed by atoms with van der Waals surface area (Å²) in [6.07, 6.45) is 0.703. The van der Waals surface area contributed by atoms with Crippen molar-refractivity contribution in [2.24, 2.45) is 5.73 Å². The number of hydrogen-bond donors (Lipinski definition) is 3. The van der Waals surface area contributed by atoms with Crippen molar-refractivity contribution < 1.29 is 14.3 Å². The molecular weight excluding hydrogens is 234 g/mol. The number of nitrogens with one attached hydrogen (secondary N) is 2. The molecule has 0 aromatic heterocycles. The van der Waals surface area contributed by atoms with E-state index in [0.717, 1.165) is 6.42 Å². The van der Waals surface area contributed by atoms with Gasteiger partial charge < -0.3 is 21.1 Å². The standard InChI is InChI=1S/C12H25N3O3/c1-5-8(2)14-12(17)9(3)15-11(16)6-10(7-13)18-4/h8-10H,5-7,13H2,1-4H3,(H,14,17)(H,15,16). The Morgan fingerprint density at radius 3 is 2.33 bits per heavy atom. The molecule has 4 N–H and O–H groups in total. The number of carbonyl (C=O) groups is 2. The molecule has 18 heavy (non-hydrogen) atoms. The van der Waals surface area contributed by atoms with E-state index in [1.807, 2.05) is 13.8 Å². The topological polar surface area (TPSA) is 93.5 Å². The third-order valence-corrected chi connectivity index (χ3v) is 2.78. The molecule has 0 aliphatic carbocycles. The summed E-state index contributed by atoms with van der Waals surface area (Å²) in [4.78, 5) is 23.3. The Labute approximate surface area is 109 Å². The van der Waals surface area contributed by atoms with Crippen LogP contribution in [0.25, 0.3) is 0 Å². The van der Waals surface area contributed by atoms with Crippen LogP contribution in [-0.2, 0) is 14.3 Å². The van der Waals surface area contributed by atoms with Gasteiger partial charge in [0.25, 0.3) is 0 Å². The molecule has 3 atom stereocenters. The molecule has 0 aliphatic rings. The molecule has 0 aromatic carbocycles. The number of hydrogen-bond acceptors (Lipinski definition) is 4. The summed E-state index contributed by atoms with van der Waals surface area (Å²) in [5, 5.41) is 5.43. The predicted molar refractivity (Wildman–Crippen MR) is 70.0 cm³/mol. The van der Waals surface area contributed by atoms with Crippen molar-refractivity contribution >= 4 is 11.8 Å². The molecule has 0 rings (SSSR count). The zero-order valence-corrected chi connectivity index (χ0v) is 11.7. The van der Waals surface area contributed by atoms with E-state index in [1.54, 1.807) is 6.92 Å². The Morgan fingerprint density at radius 2 is 1.89 bits per heavy atom. The summed E-state index contributed by atoms with van der Waals surface area (Å²) in [7, 11) is 1.50. The molecular formula is C12H25N3O3. The highest BCUT2D eigenvalue weighted by Gasteiger charge is 2.18. The third kappa shape index (κ3) is 6.56. The molecule has 0 saturated heterocycles. The highest BCUT2D eigenvalue weighted by atomic mass is 16.5. The molecule has 3 unspecified atom stereocenters. The molecule has 2 amide bonds. The van der Waals surface area contributed by atoms with E-state index in [-0.39, 0.29) is 36.9 Å². The van der Waals surface area contributed by atoms with Crippen LogP contribution in [0, 0.1) is 0 Å². The molecule has 0 aromatic rings. The molecule has 0 saturated carbocycles. The van der Waals surface area contributed by atoms with E-state index in [9.17, 15) is 9.59 Å². The van der Waals surface area contributed by atoms with E-state index in [0.29, 0.717) is 0 Å². The molecule has 0 radical (unpaired) electrons. The summed E-state index contributed by atoms with van der Waals surface area (Å²) in [5.74, 6) is -0.418. The Morgan fingerprint density at radius 1 is 1.28 bits per heavy atom. The van der Waals surface area contributed by atoms with Gasteiger partial charge in [0.2, 0.25) is 11.8 Å². The Kier molecular flexibility index (Phi) is 8.32.